The van der Waals surface area contributed by atoms with Crippen LogP contribution < -0.4 is 0 Å². The SMILES string of the molecule is C/C(=C\C=C(/CF)OC(F)(F)F)c1ccc(CCC2CCC(C)CC2)cc1. The second kappa shape index (κ2) is 9.95. The summed E-state index contributed by atoms with van der Waals surface area (Å²) in [7, 11) is 0. The Balaban J connectivity index is 1.91. The highest BCUT2D eigenvalue weighted by molar-refractivity contribution is 5.65. The van der Waals surface area contributed by atoms with E-state index in [9.17, 15) is 17.6 Å². The fourth-order valence-electron chi connectivity index (χ4n) is 3.49. The van der Waals surface area contributed by atoms with Crippen LogP contribution in [0.4, 0.5) is 17.6 Å². The molecule has 0 unspecified atom stereocenters. The summed E-state index contributed by atoms with van der Waals surface area (Å²) in [4.78, 5) is 0. The van der Waals surface area contributed by atoms with Crippen LogP contribution in [-0.4, -0.2) is 13.0 Å². The van der Waals surface area contributed by atoms with Crippen LogP contribution in [0.5, 0.6) is 0 Å². The van der Waals surface area contributed by atoms with Gasteiger partial charge < -0.3 is 4.74 Å². The van der Waals surface area contributed by atoms with Crippen LogP contribution in [-0.2, 0) is 11.2 Å². The number of hydrogen-bond donors (Lipinski definition) is 0. The second-order valence-electron chi connectivity index (χ2n) is 7.53. The van der Waals surface area contributed by atoms with E-state index in [-0.39, 0.29) is 0 Å². The number of ether oxygens (including phenoxy) is 1. The Kier molecular flexibility index (Phi) is 7.93. The first kappa shape index (κ1) is 21.5. The standard InChI is InChI=1S/C22H28F4O/c1-16-3-6-18(7-4-16)8-9-19-10-12-20(13-11-19)17(2)5-14-21(15-23)27-22(24,25)26/h5,10-14,16,18H,3-4,6-9,15H2,1-2H3/b17-5+,21-14+. The number of hydrogen-bond acceptors (Lipinski definition) is 1. The quantitative estimate of drug-likeness (QED) is 0.273. The van der Waals surface area contributed by atoms with Gasteiger partial charge in [-0.05, 0) is 54.4 Å². The first-order valence-electron chi connectivity index (χ1n) is 9.55. The van der Waals surface area contributed by atoms with Crippen LogP contribution in [0, 0.1) is 11.8 Å². The molecule has 0 atom stereocenters. The van der Waals surface area contributed by atoms with Crippen molar-refractivity contribution in [3.8, 4) is 0 Å². The average Bonchev–Trinajstić information content (AvgIpc) is 2.64. The lowest BCUT2D eigenvalue weighted by Gasteiger charge is -2.26. The molecular formula is C22H28F4O. The van der Waals surface area contributed by atoms with Crippen LogP contribution >= 0.6 is 0 Å². The van der Waals surface area contributed by atoms with Gasteiger partial charge in [-0.15, -0.1) is 13.2 Å². The van der Waals surface area contributed by atoms with Gasteiger partial charge in [-0.25, -0.2) is 4.39 Å². The van der Waals surface area contributed by atoms with E-state index in [4.69, 9.17) is 0 Å². The molecule has 1 fully saturated rings. The average molecular weight is 384 g/mol. The minimum Gasteiger partial charge on any atom is -0.407 e. The fraction of sp³-hybridized carbons (Fsp3) is 0.545. The monoisotopic (exact) mass is 384 g/mol. The molecule has 27 heavy (non-hydrogen) atoms. The summed E-state index contributed by atoms with van der Waals surface area (Å²) in [6.07, 6.45) is 5.16. The van der Waals surface area contributed by atoms with Crippen LogP contribution in [0.25, 0.3) is 5.57 Å². The number of aryl methyl sites for hydroxylation is 1. The molecule has 0 spiro atoms. The molecule has 1 aromatic carbocycles. The third-order valence-corrected chi connectivity index (χ3v) is 5.28. The Morgan fingerprint density at radius 3 is 2.26 bits per heavy atom. The van der Waals surface area contributed by atoms with Gasteiger partial charge in [-0.2, -0.15) is 0 Å². The van der Waals surface area contributed by atoms with Gasteiger partial charge in [0, 0.05) is 0 Å². The number of rotatable bonds is 7. The molecule has 0 amide bonds. The highest BCUT2D eigenvalue weighted by atomic mass is 19.4. The van der Waals surface area contributed by atoms with E-state index < -0.39 is 18.8 Å². The van der Waals surface area contributed by atoms with Crippen LogP contribution in [0.1, 0.15) is 57.1 Å². The maximum atomic E-state index is 12.6. The van der Waals surface area contributed by atoms with Crippen molar-refractivity contribution in [1.29, 1.82) is 0 Å². The first-order valence-corrected chi connectivity index (χ1v) is 9.55. The van der Waals surface area contributed by atoms with Gasteiger partial charge in [-0.3, -0.25) is 0 Å². The van der Waals surface area contributed by atoms with Gasteiger partial charge in [-0.1, -0.05) is 62.9 Å². The van der Waals surface area contributed by atoms with Crippen LogP contribution in [0.15, 0.2) is 42.2 Å². The lowest BCUT2D eigenvalue weighted by molar-refractivity contribution is -0.306. The molecule has 1 aliphatic rings. The van der Waals surface area contributed by atoms with Crippen molar-refractivity contribution >= 4 is 5.57 Å². The topological polar surface area (TPSA) is 9.23 Å². The predicted molar refractivity (Wildman–Crippen MR) is 101 cm³/mol. The minimum absolute atomic E-state index is 0.750. The van der Waals surface area contributed by atoms with Gasteiger partial charge >= 0.3 is 6.36 Å². The normalized spacial score (nSPS) is 22.0. The van der Waals surface area contributed by atoms with Crippen LogP contribution in [0.2, 0.25) is 0 Å². The van der Waals surface area contributed by atoms with Gasteiger partial charge in [0.05, 0.1) is 0 Å². The van der Waals surface area contributed by atoms with Gasteiger partial charge in [0.1, 0.15) is 12.4 Å². The van der Waals surface area contributed by atoms with E-state index in [1.807, 2.05) is 12.1 Å². The molecular weight excluding hydrogens is 356 g/mol. The maximum absolute atomic E-state index is 12.6. The Bertz CT molecular complexity index is 635. The predicted octanol–water partition coefficient (Wildman–Crippen LogP) is 7.24. The Morgan fingerprint density at radius 1 is 1.07 bits per heavy atom. The van der Waals surface area contributed by atoms with Crippen molar-refractivity contribution in [3.05, 3.63) is 53.3 Å². The molecule has 1 aromatic rings. The summed E-state index contributed by atoms with van der Waals surface area (Å²) in [5.74, 6) is 0.935. The third-order valence-electron chi connectivity index (χ3n) is 5.28. The maximum Gasteiger partial charge on any atom is 0.572 e. The molecule has 2 rings (SSSR count). The summed E-state index contributed by atoms with van der Waals surface area (Å²) < 4.78 is 52.7. The van der Waals surface area contributed by atoms with Gasteiger partial charge in [0.2, 0.25) is 0 Å². The molecule has 0 aromatic heterocycles. The molecule has 0 heterocycles. The molecule has 0 bridgehead atoms. The van der Waals surface area contributed by atoms with Crippen molar-refractivity contribution in [2.24, 2.45) is 11.8 Å². The smallest absolute Gasteiger partial charge is 0.407 e. The van der Waals surface area contributed by atoms with E-state index in [1.54, 1.807) is 6.92 Å². The zero-order valence-corrected chi connectivity index (χ0v) is 16.0. The summed E-state index contributed by atoms with van der Waals surface area (Å²) in [5, 5.41) is 0. The molecule has 5 heteroatoms. The highest BCUT2D eigenvalue weighted by Crippen LogP contribution is 2.31. The molecule has 0 aliphatic heterocycles. The van der Waals surface area contributed by atoms with E-state index in [0.717, 1.165) is 35.5 Å². The molecule has 1 aliphatic carbocycles. The van der Waals surface area contributed by atoms with Crippen molar-refractivity contribution in [1.82, 2.24) is 0 Å². The summed E-state index contributed by atoms with van der Waals surface area (Å²) in [6, 6.07) is 8.03. The first-order chi connectivity index (χ1) is 12.8. The molecule has 1 nitrogen and oxygen atoms in total. The Labute approximate surface area is 159 Å². The summed E-state index contributed by atoms with van der Waals surface area (Å²) in [6.45, 7) is 2.80. The van der Waals surface area contributed by atoms with Crippen molar-refractivity contribution in [2.45, 2.75) is 58.7 Å². The molecule has 0 saturated heterocycles. The van der Waals surface area contributed by atoms with E-state index >= 15 is 0 Å². The largest absolute Gasteiger partial charge is 0.572 e. The number of benzene rings is 1. The molecule has 1 saturated carbocycles. The van der Waals surface area contributed by atoms with E-state index in [2.05, 4.69) is 23.8 Å². The second-order valence-corrected chi connectivity index (χ2v) is 7.53. The number of alkyl halides is 4. The summed E-state index contributed by atoms with van der Waals surface area (Å²) in [5.41, 5.74) is 2.91. The lowest BCUT2D eigenvalue weighted by Crippen LogP contribution is -2.13. The van der Waals surface area contributed by atoms with E-state index in [1.165, 1.54) is 43.7 Å². The Morgan fingerprint density at radius 2 is 1.70 bits per heavy atom. The van der Waals surface area contributed by atoms with Gasteiger partial charge in [0.25, 0.3) is 0 Å². The fourth-order valence-corrected chi connectivity index (χ4v) is 3.49. The van der Waals surface area contributed by atoms with Crippen molar-refractivity contribution in [2.75, 3.05) is 6.67 Å². The van der Waals surface area contributed by atoms with Crippen LogP contribution in [0.3, 0.4) is 0 Å². The molecule has 150 valence electrons. The zero-order valence-electron chi connectivity index (χ0n) is 16.0. The van der Waals surface area contributed by atoms with Crippen molar-refractivity contribution < 1.29 is 22.3 Å². The molecule has 0 N–H and O–H groups in total. The molecule has 0 radical (unpaired) electrons. The number of allylic oxidation sites excluding steroid dienone is 4. The number of halogens is 4. The zero-order chi connectivity index (χ0) is 19.9. The highest BCUT2D eigenvalue weighted by Gasteiger charge is 2.31. The van der Waals surface area contributed by atoms with Crippen molar-refractivity contribution in [3.63, 3.8) is 0 Å². The third kappa shape index (κ3) is 7.77. The lowest BCUT2D eigenvalue weighted by atomic mass is 9.80. The minimum atomic E-state index is -4.88. The Hall–Kier alpha value is -1.78. The summed E-state index contributed by atoms with van der Waals surface area (Å²) >= 11 is 0. The van der Waals surface area contributed by atoms with E-state index in [0.29, 0.717) is 0 Å². The van der Waals surface area contributed by atoms with Gasteiger partial charge in [0.15, 0.2) is 0 Å².